The van der Waals surface area contributed by atoms with Gasteiger partial charge in [-0.1, -0.05) is 41.9 Å². The van der Waals surface area contributed by atoms with Gasteiger partial charge in [0.1, 0.15) is 0 Å². The molecular formula is C25H22ClN3O4S. The lowest BCUT2D eigenvalue weighted by Crippen LogP contribution is -2.34. The molecule has 0 spiro atoms. The van der Waals surface area contributed by atoms with Gasteiger partial charge >= 0.3 is 0 Å². The van der Waals surface area contributed by atoms with Crippen molar-refractivity contribution >= 4 is 50.5 Å². The van der Waals surface area contributed by atoms with Crippen LogP contribution in [-0.4, -0.2) is 26.8 Å². The van der Waals surface area contributed by atoms with Crippen LogP contribution in [0.1, 0.15) is 12.0 Å². The summed E-state index contributed by atoms with van der Waals surface area (Å²) in [6.07, 6.45) is 4.13. The number of sulfonamides is 1. The average molecular weight is 496 g/mol. The van der Waals surface area contributed by atoms with E-state index in [1.165, 1.54) is 30.3 Å². The molecule has 9 heteroatoms. The molecule has 0 atom stereocenters. The summed E-state index contributed by atoms with van der Waals surface area (Å²) in [5.41, 5.74) is 2.56. The predicted octanol–water partition coefficient (Wildman–Crippen LogP) is 4.61. The van der Waals surface area contributed by atoms with E-state index in [9.17, 15) is 18.0 Å². The predicted molar refractivity (Wildman–Crippen MR) is 134 cm³/mol. The number of nitrogens with one attached hydrogen (secondary N) is 2. The van der Waals surface area contributed by atoms with E-state index in [1.54, 1.807) is 29.2 Å². The highest BCUT2D eigenvalue weighted by atomic mass is 35.5. The normalized spacial score (nSPS) is 13.4. The van der Waals surface area contributed by atoms with Crippen molar-refractivity contribution in [3.05, 3.63) is 95.5 Å². The van der Waals surface area contributed by atoms with Gasteiger partial charge in [-0.3, -0.25) is 14.3 Å². The summed E-state index contributed by atoms with van der Waals surface area (Å²) < 4.78 is 27.9. The molecule has 0 bridgehead atoms. The fraction of sp³-hybridized carbons (Fsp3) is 0.120. The minimum atomic E-state index is -3.90. The quantitative estimate of drug-likeness (QED) is 0.488. The Morgan fingerprint density at radius 1 is 0.912 bits per heavy atom. The van der Waals surface area contributed by atoms with Gasteiger partial charge in [0.25, 0.3) is 15.9 Å². The van der Waals surface area contributed by atoms with Crippen LogP contribution in [0.2, 0.25) is 5.02 Å². The minimum Gasteiger partial charge on any atom is -0.322 e. The number of para-hydroxylation sites is 1. The van der Waals surface area contributed by atoms with Crippen LogP contribution in [0.5, 0.6) is 0 Å². The third-order valence-electron chi connectivity index (χ3n) is 5.24. The number of nitrogens with zero attached hydrogens (tertiary/aromatic N) is 1. The second-order valence-corrected chi connectivity index (χ2v) is 9.81. The van der Waals surface area contributed by atoms with E-state index >= 15 is 0 Å². The lowest BCUT2D eigenvalue weighted by atomic mass is 10.0. The van der Waals surface area contributed by atoms with Gasteiger partial charge in [0.2, 0.25) is 5.91 Å². The van der Waals surface area contributed by atoms with Crippen molar-refractivity contribution in [2.24, 2.45) is 0 Å². The Bertz CT molecular complexity index is 1370. The summed E-state index contributed by atoms with van der Waals surface area (Å²) in [4.78, 5) is 26.7. The molecule has 174 valence electrons. The third-order valence-corrected chi connectivity index (χ3v) is 6.86. The van der Waals surface area contributed by atoms with Crippen molar-refractivity contribution in [2.45, 2.75) is 17.7 Å². The fourth-order valence-corrected chi connectivity index (χ4v) is 4.98. The molecule has 1 heterocycles. The second-order valence-electron chi connectivity index (χ2n) is 7.69. The number of benzene rings is 3. The highest BCUT2D eigenvalue weighted by Crippen LogP contribution is 2.27. The number of carbonyl (C=O) groups excluding carboxylic acids is 2. The molecular weight excluding hydrogens is 474 g/mol. The molecule has 0 saturated heterocycles. The molecule has 0 aliphatic carbocycles. The van der Waals surface area contributed by atoms with Crippen molar-refractivity contribution in [2.75, 3.05) is 21.5 Å². The monoisotopic (exact) mass is 495 g/mol. The van der Waals surface area contributed by atoms with E-state index in [-0.39, 0.29) is 16.5 Å². The molecule has 1 aliphatic rings. The number of carbonyl (C=O) groups is 2. The zero-order chi connectivity index (χ0) is 24.1. The topological polar surface area (TPSA) is 95.6 Å². The zero-order valence-corrected chi connectivity index (χ0v) is 19.6. The van der Waals surface area contributed by atoms with Gasteiger partial charge in [0.15, 0.2) is 0 Å². The molecule has 3 aromatic carbocycles. The van der Waals surface area contributed by atoms with E-state index in [1.807, 2.05) is 24.3 Å². The van der Waals surface area contributed by atoms with Crippen LogP contribution in [0, 0.1) is 0 Å². The van der Waals surface area contributed by atoms with Crippen molar-refractivity contribution in [1.82, 2.24) is 0 Å². The number of halogens is 1. The maximum atomic E-state index is 12.7. The summed E-state index contributed by atoms with van der Waals surface area (Å²) >= 11 is 5.91. The molecule has 2 amide bonds. The standard InChI is InChI=1S/C25H22ClN3O4S/c26-19-8-3-10-21(16-19)28-34(32,33)22-11-4-9-20(17-22)27-24(30)13-14-25(31)29-15-5-7-18-6-1-2-12-23(18)29/h1-4,6,8-14,16-17,28H,5,7,15H2,(H,27,30)/b14-13+. The van der Waals surface area contributed by atoms with Crippen molar-refractivity contribution in [3.63, 3.8) is 0 Å². The molecule has 4 rings (SSSR count). The van der Waals surface area contributed by atoms with Crippen molar-refractivity contribution in [3.8, 4) is 0 Å². The van der Waals surface area contributed by atoms with Crippen LogP contribution in [0.15, 0.2) is 89.8 Å². The van der Waals surface area contributed by atoms with Crippen LogP contribution in [0.4, 0.5) is 17.1 Å². The first kappa shape index (κ1) is 23.5. The Labute approximate surface area is 203 Å². The smallest absolute Gasteiger partial charge is 0.261 e. The van der Waals surface area contributed by atoms with Gasteiger partial charge in [-0.25, -0.2) is 8.42 Å². The molecule has 0 radical (unpaired) electrons. The lowest BCUT2D eigenvalue weighted by Gasteiger charge is -2.28. The number of hydrogen-bond acceptors (Lipinski definition) is 4. The number of aryl methyl sites for hydroxylation is 1. The van der Waals surface area contributed by atoms with E-state index in [0.717, 1.165) is 30.2 Å². The van der Waals surface area contributed by atoms with E-state index in [4.69, 9.17) is 11.6 Å². The Kier molecular flexibility index (Phi) is 7.00. The molecule has 7 nitrogen and oxygen atoms in total. The van der Waals surface area contributed by atoms with Gasteiger partial charge in [0, 0.05) is 35.1 Å². The number of amides is 2. The van der Waals surface area contributed by atoms with Gasteiger partial charge in [-0.15, -0.1) is 0 Å². The average Bonchev–Trinajstić information content (AvgIpc) is 2.82. The molecule has 2 N–H and O–H groups in total. The van der Waals surface area contributed by atoms with E-state index < -0.39 is 15.9 Å². The van der Waals surface area contributed by atoms with Gasteiger partial charge in [-0.2, -0.15) is 0 Å². The Morgan fingerprint density at radius 3 is 2.50 bits per heavy atom. The SMILES string of the molecule is O=C(/C=C/C(=O)N1CCCc2ccccc21)Nc1cccc(S(=O)(=O)Nc2cccc(Cl)c2)c1. The summed E-state index contributed by atoms with van der Waals surface area (Å²) in [6.45, 7) is 0.585. The molecule has 0 unspecified atom stereocenters. The van der Waals surface area contributed by atoms with Crippen LogP contribution < -0.4 is 14.9 Å². The maximum Gasteiger partial charge on any atom is 0.261 e. The molecule has 1 aliphatic heterocycles. The fourth-order valence-electron chi connectivity index (χ4n) is 3.69. The molecule has 3 aromatic rings. The Balaban J connectivity index is 1.42. The van der Waals surface area contributed by atoms with Gasteiger partial charge in [0.05, 0.1) is 10.6 Å². The summed E-state index contributed by atoms with van der Waals surface area (Å²) in [7, 11) is -3.90. The molecule has 0 fully saturated rings. The van der Waals surface area contributed by atoms with Crippen LogP contribution >= 0.6 is 11.6 Å². The number of anilines is 3. The summed E-state index contributed by atoms with van der Waals surface area (Å²) in [5.74, 6) is -0.833. The summed E-state index contributed by atoms with van der Waals surface area (Å²) in [6, 6.07) is 19.9. The first-order chi connectivity index (χ1) is 16.3. The second kappa shape index (κ2) is 10.1. The number of rotatable bonds is 6. The first-order valence-corrected chi connectivity index (χ1v) is 12.4. The molecule has 0 saturated carbocycles. The highest BCUT2D eigenvalue weighted by molar-refractivity contribution is 7.92. The Hall–Kier alpha value is -3.62. The lowest BCUT2D eigenvalue weighted by molar-refractivity contribution is -0.115. The van der Waals surface area contributed by atoms with Crippen LogP contribution in [-0.2, 0) is 26.0 Å². The van der Waals surface area contributed by atoms with E-state index in [2.05, 4.69) is 10.0 Å². The Morgan fingerprint density at radius 2 is 1.68 bits per heavy atom. The number of hydrogen-bond donors (Lipinski definition) is 2. The largest absolute Gasteiger partial charge is 0.322 e. The van der Waals surface area contributed by atoms with Crippen LogP contribution in [0.3, 0.4) is 0 Å². The first-order valence-electron chi connectivity index (χ1n) is 10.6. The van der Waals surface area contributed by atoms with Crippen LogP contribution in [0.25, 0.3) is 0 Å². The van der Waals surface area contributed by atoms with Gasteiger partial charge < -0.3 is 10.2 Å². The van der Waals surface area contributed by atoms with Crippen molar-refractivity contribution in [1.29, 1.82) is 0 Å². The zero-order valence-electron chi connectivity index (χ0n) is 18.1. The molecule has 0 aromatic heterocycles. The van der Waals surface area contributed by atoms with Gasteiger partial charge in [-0.05, 0) is 60.9 Å². The van der Waals surface area contributed by atoms with E-state index in [0.29, 0.717) is 17.3 Å². The molecule has 34 heavy (non-hydrogen) atoms. The number of fused-ring (bicyclic) bond motifs is 1. The summed E-state index contributed by atoms with van der Waals surface area (Å²) in [5, 5.41) is 2.99. The highest BCUT2D eigenvalue weighted by Gasteiger charge is 2.20. The van der Waals surface area contributed by atoms with Crippen molar-refractivity contribution < 1.29 is 18.0 Å². The maximum absolute atomic E-state index is 12.7. The third kappa shape index (κ3) is 5.65. The minimum absolute atomic E-state index is 0.0322.